The normalized spacial score (nSPS) is 15.6. The Morgan fingerprint density at radius 2 is 1.84 bits per heavy atom. The van der Waals surface area contributed by atoms with Gasteiger partial charge in [0.05, 0.1) is 27.8 Å². The Bertz CT molecular complexity index is 1490. The first-order valence-corrected chi connectivity index (χ1v) is 13.9. The highest BCUT2D eigenvalue weighted by molar-refractivity contribution is 7.89. The molecule has 1 aliphatic rings. The quantitative estimate of drug-likeness (QED) is 0.355. The highest BCUT2D eigenvalue weighted by atomic mass is 35.5. The third-order valence-corrected chi connectivity index (χ3v) is 8.85. The summed E-state index contributed by atoms with van der Waals surface area (Å²) in [5, 5.41) is 8.72. The van der Waals surface area contributed by atoms with E-state index in [4.69, 9.17) is 26.2 Å². The van der Waals surface area contributed by atoms with Gasteiger partial charge in [-0.25, -0.2) is 8.42 Å². The lowest BCUT2D eigenvalue weighted by molar-refractivity contribution is -0.144. The van der Waals surface area contributed by atoms with Gasteiger partial charge in [0.1, 0.15) is 25.0 Å². The first kappa shape index (κ1) is 27.6. The van der Waals surface area contributed by atoms with Crippen LogP contribution in [0, 0.1) is 11.8 Å². The van der Waals surface area contributed by atoms with E-state index in [2.05, 4.69) is 11.8 Å². The van der Waals surface area contributed by atoms with E-state index < -0.39 is 27.9 Å². The molecule has 0 radical (unpaired) electrons. The van der Waals surface area contributed by atoms with Gasteiger partial charge in [0.15, 0.2) is 0 Å². The second-order valence-electron chi connectivity index (χ2n) is 8.01. The fourth-order valence-corrected chi connectivity index (χ4v) is 6.49. The third-order valence-electron chi connectivity index (χ3n) is 5.76. The minimum atomic E-state index is -4.23. The molecule has 0 fully saturated rings. The van der Waals surface area contributed by atoms with Crippen LogP contribution in [0.1, 0.15) is 15.2 Å². The molecule has 2 aromatic carbocycles. The van der Waals surface area contributed by atoms with Crippen LogP contribution in [0.5, 0.6) is 5.75 Å². The maximum absolute atomic E-state index is 13.8. The number of esters is 1. The van der Waals surface area contributed by atoms with Gasteiger partial charge in [-0.1, -0.05) is 41.6 Å². The van der Waals surface area contributed by atoms with Crippen LogP contribution in [0.3, 0.4) is 0 Å². The number of para-hydroxylation sites is 1. The van der Waals surface area contributed by atoms with Crippen molar-refractivity contribution in [1.29, 1.82) is 0 Å². The van der Waals surface area contributed by atoms with E-state index in [9.17, 15) is 18.0 Å². The number of carbonyl (C=O) groups excluding carboxylic acids is 2. The molecule has 1 unspecified atom stereocenters. The van der Waals surface area contributed by atoms with Gasteiger partial charge in [-0.05, 0) is 48.0 Å². The molecular weight excluding hydrogens is 552 g/mol. The lowest BCUT2D eigenvalue weighted by Crippen LogP contribution is -2.50. The second-order valence-corrected chi connectivity index (χ2v) is 11.6. The molecule has 3 aromatic rings. The highest BCUT2D eigenvalue weighted by Gasteiger charge is 2.42. The predicted molar refractivity (Wildman–Crippen MR) is 143 cm³/mol. The molecule has 0 bridgehead atoms. The molecule has 1 atom stereocenters. The van der Waals surface area contributed by atoms with Gasteiger partial charge in [-0.15, -0.1) is 11.3 Å². The molecule has 9 nitrogen and oxygen atoms in total. The summed E-state index contributed by atoms with van der Waals surface area (Å²) in [4.78, 5) is 28.1. The van der Waals surface area contributed by atoms with Crippen LogP contribution < -0.4 is 9.64 Å². The SMILES string of the molecule is COC(=O)C1CN(C(=O)c2ccc(Cl)s2)c2ccccc2CN1S(=O)(=O)c1ccc(OCC#CCO)cc1. The van der Waals surface area contributed by atoms with Crippen LogP contribution in [-0.2, 0) is 26.1 Å². The summed E-state index contributed by atoms with van der Waals surface area (Å²) in [7, 11) is -3.06. The Kier molecular flexibility index (Phi) is 8.71. The lowest BCUT2D eigenvalue weighted by atomic mass is 10.1. The number of carbonyl (C=O) groups is 2. The number of benzene rings is 2. The van der Waals surface area contributed by atoms with Crippen molar-refractivity contribution in [3.8, 4) is 17.6 Å². The van der Waals surface area contributed by atoms with Crippen LogP contribution in [0.2, 0.25) is 4.34 Å². The van der Waals surface area contributed by atoms with E-state index >= 15 is 0 Å². The van der Waals surface area contributed by atoms with E-state index in [1.807, 2.05) is 0 Å². The number of aliphatic hydroxyl groups is 1. The lowest BCUT2D eigenvalue weighted by Gasteiger charge is -2.29. The summed E-state index contributed by atoms with van der Waals surface area (Å²) in [5.74, 6) is 4.24. The summed E-state index contributed by atoms with van der Waals surface area (Å²) in [6.45, 7) is -0.686. The average molecular weight is 575 g/mol. The zero-order valence-corrected chi connectivity index (χ0v) is 22.6. The van der Waals surface area contributed by atoms with Crippen LogP contribution in [0.15, 0.2) is 65.6 Å². The molecule has 1 N–H and O–H groups in total. The zero-order chi connectivity index (χ0) is 27.3. The summed E-state index contributed by atoms with van der Waals surface area (Å²) < 4.78 is 39.6. The molecule has 198 valence electrons. The monoisotopic (exact) mass is 574 g/mol. The van der Waals surface area contributed by atoms with E-state index in [1.54, 1.807) is 36.4 Å². The van der Waals surface area contributed by atoms with Crippen molar-refractivity contribution in [3.63, 3.8) is 0 Å². The van der Waals surface area contributed by atoms with Crippen molar-refractivity contribution in [3.05, 3.63) is 75.4 Å². The van der Waals surface area contributed by atoms with Crippen LogP contribution in [0.4, 0.5) is 5.69 Å². The standard InChI is InChI=1S/C26H23ClN2O7S2/c1-35-26(32)22-17-28(25(31)23-12-13-24(27)37-23)21-7-3-2-6-18(21)16-29(22)38(33,34)20-10-8-19(9-11-20)36-15-5-4-14-30/h2-3,6-13,22,30H,14-17H2,1H3. The number of ether oxygens (including phenoxy) is 2. The molecular formula is C26H23ClN2O7S2. The van der Waals surface area contributed by atoms with Gasteiger partial charge in [-0.3, -0.25) is 9.59 Å². The van der Waals surface area contributed by atoms with Gasteiger partial charge in [0, 0.05) is 12.2 Å². The van der Waals surface area contributed by atoms with Crippen molar-refractivity contribution in [2.45, 2.75) is 17.5 Å². The number of hydrogen-bond donors (Lipinski definition) is 1. The number of methoxy groups -OCH3 is 1. The number of sulfonamides is 1. The Morgan fingerprint density at radius 3 is 2.50 bits per heavy atom. The third kappa shape index (κ3) is 5.85. The number of halogens is 1. The maximum atomic E-state index is 13.8. The molecule has 2 heterocycles. The van der Waals surface area contributed by atoms with Gasteiger partial charge in [0.2, 0.25) is 10.0 Å². The fourth-order valence-electron chi connectivity index (χ4n) is 3.95. The van der Waals surface area contributed by atoms with Crippen molar-refractivity contribution in [2.24, 2.45) is 0 Å². The Labute approximate surface area is 229 Å². The topological polar surface area (TPSA) is 113 Å². The molecule has 1 aromatic heterocycles. The average Bonchev–Trinajstić information content (AvgIpc) is 3.28. The van der Waals surface area contributed by atoms with E-state index in [1.165, 1.54) is 36.3 Å². The Morgan fingerprint density at radius 1 is 1.11 bits per heavy atom. The van der Waals surface area contributed by atoms with Crippen molar-refractivity contribution in [2.75, 3.05) is 31.8 Å². The van der Waals surface area contributed by atoms with Crippen molar-refractivity contribution < 1.29 is 32.6 Å². The largest absolute Gasteiger partial charge is 0.481 e. The molecule has 1 amide bonds. The first-order chi connectivity index (χ1) is 18.3. The van der Waals surface area contributed by atoms with Gasteiger partial charge < -0.3 is 19.5 Å². The number of rotatable bonds is 6. The number of thiophene rings is 1. The van der Waals surface area contributed by atoms with Crippen molar-refractivity contribution >= 4 is 50.5 Å². The molecule has 1 aliphatic heterocycles. The summed E-state index contributed by atoms with van der Waals surface area (Å²) in [6, 6.07) is 14.4. The maximum Gasteiger partial charge on any atom is 0.326 e. The van der Waals surface area contributed by atoms with Gasteiger partial charge in [-0.2, -0.15) is 4.31 Å². The van der Waals surface area contributed by atoms with E-state index in [0.29, 0.717) is 26.2 Å². The summed E-state index contributed by atoms with van der Waals surface area (Å²) in [6.07, 6.45) is 0. The smallest absolute Gasteiger partial charge is 0.326 e. The minimum absolute atomic E-state index is 0.0271. The van der Waals surface area contributed by atoms with Crippen molar-refractivity contribution in [1.82, 2.24) is 4.31 Å². The van der Waals surface area contributed by atoms with E-state index in [0.717, 1.165) is 15.6 Å². The minimum Gasteiger partial charge on any atom is -0.481 e. The van der Waals surface area contributed by atoms with Gasteiger partial charge in [0.25, 0.3) is 5.91 Å². The molecule has 0 saturated heterocycles. The highest BCUT2D eigenvalue weighted by Crippen LogP contribution is 2.34. The van der Waals surface area contributed by atoms with E-state index in [-0.39, 0.29) is 31.2 Å². The van der Waals surface area contributed by atoms with Crippen LogP contribution in [-0.4, -0.2) is 62.6 Å². The summed E-state index contributed by atoms with van der Waals surface area (Å²) in [5.41, 5.74) is 1.03. The first-order valence-electron chi connectivity index (χ1n) is 11.3. The molecule has 0 aliphatic carbocycles. The molecule has 38 heavy (non-hydrogen) atoms. The van der Waals surface area contributed by atoms with Gasteiger partial charge >= 0.3 is 5.97 Å². The van der Waals surface area contributed by atoms with Crippen LogP contribution in [0.25, 0.3) is 0 Å². The summed E-state index contributed by atoms with van der Waals surface area (Å²) >= 11 is 7.13. The molecule has 4 rings (SSSR count). The number of aliphatic hydroxyl groups excluding tert-OH is 1. The number of amides is 1. The number of nitrogens with zero attached hydrogens (tertiary/aromatic N) is 2. The fraction of sp³-hybridized carbons (Fsp3) is 0.231. The zero-order valence-electron chi connectivity index (χ0n) is 20.2. The number of fused-ring (bicyclic) bond motifs is 1. The molecule has 0 spiro atoms. The Hall–Kier alpha value is -3.40. The number of anilines is 1. The Balaban J connectivity index is 1.72. The number of hydrogen-bond acceptors (Lipinski definition) is 8. The van der Waals surface area contributed by atoms with Crippen LogP contribution >= 0.6 is 22.9 Å². The molecule has 12 heteroatoms. The predicted octanol–water partition coefficient (Wildman–Crippen LogP) is 3.17. The molecule has 0 saturated carbocycles. The second kappa shape index (κ2) is 12.0.